The van der Waals surface area contributed by atoms with Gasteiger partial charge in [-0.3, -0.25) is 0 Å². The number of para-hydroxylation sites is 3. The fraction of sp³-hybridized carbons (Fsp3) is 0. The van der Waals surface area contributed by atoms with Gasteiger partial charge in [-0.25, -0.2) is 0 Å². The molecule has 0 aliphatic rings. The van der Waals surface area contributed by atoms with Crippen molar-refractivity contribution in [2.24, 2.45) is 0 Å². The van der Waals surface area contributed by atoms with Crippen LogP contribution in [0, 0.1) is 0 Å². The lowest BCUT2D eigenvalue weighted by molar-refractivity contribution is 0.669. The van der Waals surface area contributed by atoms with Gasteiger partial charge in [-0.1, -0.05) is 121 Å². The van der Waals surface area contributed by atoms with Gasteiger partial charge >= 0.3 is 0 Å². The number of anilines is 3. The van der Waals surface area contributed by atoms with Crippen molar-refractivity contribution in [1.82, 2.24) is 4.57 Å². The van der Waals surface area contributed by atoms with E-state index in [0.717, 1.165) is 50.2 Å². The molecule has 4 heteroatoms. The van der Waals surface area contributed by atoms with Crippen molar-refractivity contribution >= 4 is 92.3 Å². The maximum atomic E-state index is 6.24. The molecule has 0 saturated heterocycles. The monoisotopic (exact) mass is 682 g/mol. The van der Waals surface area contributed by atoms with Gasteiger partial charge in [0.15, 0.2) is 0 Å². The molecule has 3 aromatic heterocycles. The van der Waals surface area contributed by atoms with Crippen molar-refractivity contribution in [1.29, 1.82) is 0 Å². The standard InChI is InChI=1S/C48H30N2OS/c1-2-13-31(14-3-1)34-15-4-8-20-41(34)49(43-22-12-19-39-38-18-7-11-24-47(38)52-48(39)43)33-25-27-36-35-16-5-9-21-42(35)50(44(36)30-33)32-26-28-46-40(29-32)37-17-6-10-23-45(37)51-46/h1-30H. The molecular formula is C48H30N2OS. The lowest BCUT2D eigenvalue weighted by Gasteiger charge is -2.28. The maximum Gasteiger partial charge on any atom is 0.135 e. The Morgan fingerprint density at radius 2 is 1.13 bits per heavy atom. The SMILES string of the molecule is c1ccc(-c2ccccc2N(c2ccc3c4ccccc4n(-c4ccc5oc6ccccc6c5c4)c3c2)c2cccc3c2sc2ccccc23)cc1. The Bertz CT molecular complexity index is 3150. The molecule has 0 spiro atoms. The van der Waals surface area contributed by atoms with Crippen molar-refractivity contribution in [3.05, 3.63) is 182 Å². The predicted octanol–water partition coefficient (Wildman–Crippen LogP) is 14.2. The van der Waals surface area contributed by atoms with E-state index in [0.29, 0.717) is 0 Å². The average molecular weight is 683 g/mol. The van der Waals surface area contributed by atoms with E-state index in [1.807, 2.05) is 23.5 Å². The van der Waals surface area contributed by atoms with Crippen LogP contribution in [0.3, 0.4) is 0 Å². The van der Waals surface area contributed by atoms with Crippen LogP contribution in [0.25, 0.3) is 80.7 Å². The van der Waals surface area contributed by atoms with Gasteiger partial charge in [0, 0.05) is 54.0 Å². The Labute approximate surface area is 303 Å². The first-order valence-electron chi connectivity index (χ1n) is 17.6. The summed E-state index contributed by atoms with van der Waals surface area (Å²) >= 11 is 1.86. The first-order valence-corrected chi connectivity index (χ1v) is 18.4. The van der Waals surface area contributed by atoms with Crippen LogP contribution in [0.15, 0.2) is 186 Å². The second-order valence-corrected chi connectivity index (χ2v) is 14.4. The number of hydrogen-bond acceptors (Lipinski definition) is 3. The number of nitrogens with zero attached hydrogens (tertiary/aromatic N) is 2. The van der Waals surface area contributed by atoms with E-state index < -0.39 is 0 Å². The van der Waals surface area contributed by atoms with Crippen molar-refractivity contribution in [3.63, 3.8) is 0 Å². The minimum absolute atomic E-state index is 0.895. The highest BCUT2D eigenvalue weighted by molar-refractivity contribution is 7.26. The summed E-state index contributed by atoms with van der Waals surface area (Å²) in [5.41, 5.74) is 11.0. The molecule has 0 radical (unpaired) electrons. The predicted molar refractivity (Wildman–Crippen MR) is 221 cm³/mol. The lowest BCUT2D eigenvalue weighted by Crippen LogP contribution is -2.11. The average Bonchev–Trinajstić information content (AvgIpc) is 3.88. The summed E-state index contributed by atoms with van der Waals surface area (Å²) in [6.07, 6.45) is 0. The third kappa shape index (κ3) is 4.38. The highest BCUT2D eigenvalue weighted by Crippen LogP contribution is 2.48. The van der Waals surface area contributed by atoms with Crippen LogP contribution in [-0.2, 0) is 0 Å². The number of thiophene rings is 1. The minimum atomic E-state index is 0.895. The van der Waals surface area contributed by atoms with E-state index in [9.17, 15) is 0 Å². The van der Waals surface area contributed by atoms with Crippen LogP contribution in [0.1, 0.15) is 0 Å². The van der Waals surface area contributed by atoms with Gasteiger partial charge in [0.25, 0.3) is 0 Å². The summed E-state index contributed by atoms with van der Waals surface area (Å²) < 4.78 is 11.2. The smallest absolute Gasteiger partial charge is 0.135 e. The normalized spacial score (nSPS) is 11.8. The maximum absolute atomic E-state index is 6.24. The van der Waals surface area contributed by atoms with Crippen molar-refractivity contribution in [2.75, 3.05) is 4.90 Å². The van der Waals surface area contributed by atoms with E-state index >= 15 is 0 Å². The van der Waals surface area contributed by atoms with Crippen LogP contribution >= 0.6 is 11.3 Å². The molecule has 0 bridgehead atoms. The molecule has 0 saturated carbocycles. The molecule has 0 fully saturated rings. The summed E-state index contributed by atoms with van der Waals surface area (Å²) in [5, 5.41) is 7.25. The van der Waals surface area contributed by atoms with E-state index in [-0.39, 0.29) is 0 Å². The van der Waals surface area contributed by atoms with E-state index in [2.05, 4.69) is 179 Å². The highest BCUT2D eigenvalue weighted by Gasteiger charge is 2.23. The second-order valence-electron chi connectivity index (χ2n) is 13.3. The minimum Gasteiger partial charge on any atom is -0.456 e. The van der Waals surface area contributed by atoms with Crippen LogP contribution in [-0.4, -0.2) is 4.57 Å². The zero-order chi connectivity index (χ0) is 34.2. The summed E-state index contributed by atoms with van der Waals surface area (Å²) in [5.74, 6) is 0. The largest absolute Gasteiger partial charge is 0.456 e. The molecule has 11 rings (SSSR count). The number of hydrogen-bond donors (Lipinski definition) is 0. The van der Waals surface area contributed by atoms with Gasteiger partial charge < -0.3 is 13.9 Å². The van der Waals surface area contributed by atoms with E-state index in [1.54, 1.807) is 0 Å². The summed E-state index contributed by atoms with van der Waals surface area (Å²) in [6.45, 7) is 0. The molecule has 0 atom stereocenters. The van der Waals surface area contributed by atoms with Gasteiger partial charge in [-0.05, 0) is 66.2 Å². The van der Waals surface area contributed by atoms with Crippen molar-refractivity contribution in [2.45, 2.75) is 0 Å². The Kier molecular flexibility index (Phi) is 6.42. The Hall–Kier alpha value is -6.62. The number of rotatable bonds is 5. The number of benzene rings is 8. The molecular weight excluding hydrogens is 653 g/mol. The van der Waals surface area contributed by atoms with E-state index in [4.69, 9.17) is 4.42 Å². The second kappa shape index (κ2) is 11.5. The molecule has 0 unspecified atom stereocenters. The van der Waals surface area contributed by atoms with Gasteiger partial charge in [0.1, 0.15) is 11.2 Å². The van der Waals surface area contributed by atoms with Gasteiger partial charge in [-0.2, -0.15) is 0 Å². The van der Waals surface area contributed by atoms with Crippen molar-refractivity contribution in [3.8, 4) is 16.8 Å². The molecule has 0 aliphatic heterocycles. The van der Waals surface area contributed by atoms with E-state index in [1.165, 1.54) is 47.6 Å². The van der Waals surface area contributed by atoms with Gasteiger partial charge in [0.2, 0.25) is 0 Å². The van der Waals surface area contributed by atoms with Crippen LogP contribution < -0.4 is 4.90 Å². The molecule has 0 N–H and O–H groups in total. The molecule has 3 heterocycles. The quantitative estimate of drug-likeness (QED) is 0.180. The molecule has 11 aromatic rings. The molecule has 52 heavy (non-hydrogen) atoms. The van der Waals surface area contributed by atoms with Gasteiger partial charge in [0.05, 0.1) is 27.1 Å². The fourth-order valence-corrected chi connectivity index (χ4v) is 9.28. The molecule has 0 amide bonds. The third-order valence-electron chi connectivity index (χ3n) is 10.4. The molecule has 8 aromatic carbocycles. The number of furan rings is 1. The van der Waals surface area contributed by atoms with Crippen LogP contribution in [0.4, 0.5) is 17.1 Å². The van der Waals surface area contributed by atoms with Gasteiger partial charge in [-0.15, -0.1) is 11.3 Å². The molecule has 244 valence electrons. The third-order valence-corrected chi connectivity index (χ3v) is 11.6. The first-order chi connectivity index (χ1) is 25.8. The first kappa shape index (κ1) is 29.1. The zero-order valence-corrected chi connectivity index (χ0v) is 28.8. The highest BCUT2D eigenvalue weighted by atomic mass is 32.1. The zero-order valence-electron chi connectivity index (χ0n) is 28.0. The van der Waals surface area contributed by atoms with Crippen LogP contribution in [0.2, 0.25) is 0 Å². The molecule has 0 aliphatic carbocycles. The summed E-state index contributed by atoms with van der Waals surface area (Å²) in [6, 6.07) is 65.6. The fourth-order valence-electron chi connectivity index (χ4n) is 8.08. The topological polar surface area (TPSA) is 21.3 Å². The Morgan fingerprint density at radius 3 is 2.06 bits per heavy atom. The molecule has 3 nitrogen and oxygen atoms in total. The summed E-state index contributed by atoms with van der Waals surface area (Å²) in [7, 11) is 0. The van der Waals surface area contributed by atoms with Crippen molar-refractivity contribution < 1.29 is 4.42 Å². The summed E-state index contributed by atoms with van der Waals surface area (Å²) in [4.78, 5) is 2.47. The lowest BCUT2D eigenvalue weighted by atomic mass is 10.0. The Balaban J connectivity index is 1.21. The number of aromatic nitrogens is 1. The Morgan fingerprint density at radius 1 is 0.442 bits per heavy atom. The van der Waals surface area contributed by atoms with Crippen LogP contribution in [0.5, 0.6) is 0 Å². The number of fused-ring (bicyclic) bond motifs is 9.